The van der Waals surface area contributed by atoms with Crippen molar-refractivity contribution >= 4 is 13.8 Å². The van der Waals surface area contributed by atoms with E-state index in [1.165, 1.54) is 116 Å². The number of esters is 1. The van der Waals surface area contributed by atoms with Crippen molar-refractivity contribution in [3.05, 3.63) is 24.3 Å². The van der Waals surface area contributed by atoms with Crippen LogP contribution >= 0.6 is 7.82 Å². The number of ether oxygens (including phenoxy) is 2. The molecule has 0 saturated carbocycles. The second-order valence-electron chi connectivity index (χ2n) is 13.1. The summed E-state index contributed by atoms with van der Waals surface area (Å²) in [6.45, 7) is 4.85. The highest BCUT2D eigenvalue weighted by molar-refractivity contribution is 7.47. The van der Waals surface area contributed by atoms with E-state index in [0.29, 0.717) is 13.0 Å². The molecule has 0 aliphatic carbocycles. The van der Waals surface area contributed by atoms with Crippen LogP contribution in [0.15, 0.2) is 24.3 Å². The molecule has 2 unspecified atom stereocenters. The van der Waals surface area contributed by atoms with Crippen molar-refractivity contribution in [3.63, 3.8) is 0 Å². The van der Waals surface area contributed by atoms with Crippen molar-refractivity contribution in [2.24, 2.45) is 5.73 Å². The molecule has 0 radical (unpaired) electrons. The summed E-state index contributed by atoms with van der Waals surface area (Å²) in [5.41, 5.74) is 5.35. The lowest BCUT2D eigenvalue weighted by Crippen LogP contribution is -2.28. The van der Waals surface area contributed by atoms with Crippen molar-refractivity contribution in [1.29, 1.82) is 0 Å². The average Bonchev–Trinajstić information content (AvgIpc) is 3.07. The fourth-order valence-electron chi connectivity index (χ4n) is 5.45. The number of carbonyl (C=O) groups is 1. The number of carbonyl (C=O) groups excluding carboxylic acids is 1. The maximum Gasteiger partial charge on any atom is 0.472 e. The lowest BCUT2D eigenvalue weighted by molar-refractivity contribution is -0.154. The number of allylic oxidation sites excluding steroid dienone is 4. The minimum absolute atomic E-state index is 0.0959. The summed E-state index contributed by atoms with van der Waals surface area (Å²) in [6, 6.07) is 0. The highest BCUT2D eigenvalue weighted by Crippen LogP contribution is 2.43. The molecule has 0 aromatic heterocycles. The summed E-state index contributed by atoms with van der Waals surface area (Å²) in [5.74, 6) is -0.333. The zero-order valence-corrected chi connectivity index (χ0v) is 32.1. The van der Waals surface area contributed by atoms with Gasteiger partial charge in [0.25, 0.3) is 0 Å². The van der Waals surface area contributed by atoms with Crippen LogP contribution in [0.1, 0.15) is 181 Å². The average molecular weight is 702 g/mol. The molecule has 0 aliphatic heterocycles. The molecule has 48 heavy (non-hydrogen) atoms. The van der Waals surface area contributed by atoms with E-state index < -0.39 is 13.9 Å². The quantitative estimate of drug-likeness (QED) is 0.0283. The zero-order valence-electron chi connectivity index (χ0n) is 31.2. The standard InChI is InChI=1S/C39H76NO7P/c1-3-5-7-9-11-13-15-17-19-20-22-24-26-28-30-32-39(41)47-38(37-46-48(42,43)45-35-33-40)36-44-34-31-29-27-25-23-21-18-16-14-12-10-8-6-4-2/h8,10,14,16,38H,3-7,9,11-13,15,17-37,40H2,1-2H3,(H,42,43)/b10-8-,16-14-. The monoisotopic (exact) mass is 702 g/mol. The van der Waals surface area contributed by atoms with Crippen LogP contribution in [0.2, 0.25) is 0 Å². The number of hydrogen-bond donors (Lipinski definition) is 2. The Hall–Kier alpha value is -1.02. The Balaban J connectivity index is 4.06. The molecule has 0 spiro atoms. The number of nitrogens with two attached hydrogens (primary N) is 1. The van der Waals surface area contributed by atoms with Crippen LogP contribution < -0.4 is 5.73 Å². The molecule has 2 atom stereocenters. The van der Waals surface area contributed by atoms with Gasteiger partial charge in [-0.05, 0) is 38.5 Å². The largest absolute Gasteiger partial charge is 0.472 e. The highest BCUT2D eigenvalue weighted by atomic mass is 31.2. The summed E-state index contributed by atoms with van der Waals surface area (Å²) in [5, 5.41) is 0. The Morgan fingerprint density at radius 3 is 1.71 bits per heavy atom. The van der Waals surface area contributed by atoms with Crippen LogP contribution in [0.4, 0.5) is 0 Å². The summed E-state index contributed by atoms with van der Waals surface area (Å²) in [4.78, 5) is 22.4. The van der Waals surface area contributed by atoms with Gasteiger partial charge in [0.15, 0.2) is 0 Å². The van der Waals surface area contributed by atoms with Gasteiger partial charge in [0.2, 0.25) is 0 Å². The lowest BCUT2D eigenvalue weighted by atomic mass is 10.0. The van der Waals surface area contributed by atoms with E-state index in [9.17, 15) is 14.3 Å². The minimum Gasteiger partial charge on any atom is -0.457 e. The van der Waals surface area contributed by atoms with Crippen LogP contribution in [0.25, 0.3) is 0 Å². The molecule has 9 heteroatoms. The van der Waals surface area contributed by atoms with Gasteiger partial charge >= 0.3 is 13.8 Å². The van der Waals surface area contributed by atoms with Gasteiger partial charge < -0.3 is 20.1 Å². The van der Waals surface area contributed by atoms with Gasteiger partial charge in [0, 0.05) is 19.6 Å². The molecule has 284 valence electrons. The van der Waals surface area contributed by atoms with Crippen LogP contribution in [0, 0.1) is 0 Å². The number of hydrogen-bond acceptors (Lipinski definition) is 7. The minimum atomic E-state index is -4.27. The van der Waals surface area contributed by atoms with E-state index in [1.807, 2.05) is 0 Å². The third kappa shape index (κ3) is 36.3. The molecule has 0 amide bonds. The highest BCUT2D eigenvalue weighted by Gasteiger charge is 2.25. The van der Waals surface area contributed by atoms with E-state index in [1.54, 1.807) is 0 Å². The smallest absolute Gasteiger partial charge is 0.457 e. The Morgan fingerprint density at radius 2 is 1.15 bits per heavy atom. The van der Waals surface area contributed by atoms with E-state index in [-0.39, 0.29) is 32.3 Å². The number of rotatable bonds is 38. The summed E-state index contributed by atoms with van der Waals surface area (Å²) >= 11 is 0. The maximum atomic E-state index is 12.5. The number of unbranched alkanes of at least 4 members (excludes halogenated alkanes) is 21. The molecule has 0 fully saturated rings. The van der Waals surface area contributed by atoms with Gasteiger partial charge in [0.1, 0.15) is 6.10 Å². The summed E-state index contributed by atoms with van der Waals surface area (Å²) in [6.07, 6.45) is 39.0. The van der Waals surface area contributed by atoms with Crippen molar-refractivity contribution in [1.82, 2.24) is 0 Å². The van der Waals surface area contributed by atoms with Gasteiger partial charge in [-0.15, -0.1) is 0 Å². The third-order valence-corrected chi connectivity index (χ3v) is 9.34. The Kier molecular flexibility index (Phi) is 36.4. The molecular formula is C39H76NO7P. The van der Waals surface area contributed by atoms with Crippen LogP contribution in [0.5, 0.6) is 0 Å². The normalized spacial score (nSPS) is 13.8. The lowest BCUT2D eigenvalue weighted by Gasteiger charge is -2.20. The van der Waals surface area contributed by atoms with Crippen LogP contribution in [-0.2, 0) is 27.9 Å². The van der Waals surface area contributed by atoms with Crippen molar-refractivity contribution in [2.75, 3.05) is 33.0 Å². The second-order valence-corrected chi connectivity index (χ2v) is 14.6. The van der Waals surface area contributed by atoms with Crippen LogP contribution in [-0.4, -0.2) is 49.9 Å². The predicted octanol–water partition coefficient (Wildman–Crippen LogP) is 11.3. The zero-order chi connectivity index (χ0) is 35.2. The fraction of sp³-hybridized carbons (Fsp3) is 0.872. The summed E-state index contributed by atoms with van der Waals surface area (Å²) in [7, 11) is -4.27. The van der Waals surface area contributed by atoms with Crippen molar-refractivity contribution < 1.29 is 32.8 Å². The molecular weight excluding hydrogens is 625 g/mol. The van der Waals surface area contributed by atoms with Gasteiger partial charge in [-0.3, -0.25) is 13.8 Å². The number of phosphoric ester groups is 1. The van der Waals surface area contributed by atoms with Gasteiger partial charge in [-0.2, -0.15) is 0 Å². The maximum absolute atomic E-state index is 12.5. The van der Waals surface area contributed by atoms with E-state index in [2.05, 4.69) is 38.2 Å². The molecule has 0 heterocycles. The van der Waals surface area contributed by atoms with Gasteiger partial charge in [-0.25, -0.2) is 4.57 Å². The van der Waals surface area contributed by atoms with E-state index in [4.69, 9.17) is 24.3 Å². The first-order valence-electron chi connectivity index (χ1n) is 19.8. The Bertz CT molecular complexity index is 792. The summed E-state index contributed by atoms with van der Waals surface area (Å²) < 4.78 is 33.3. The van der Waals surface area contributed by atoms with Crippen LogP contribution in [0.3, 0.4) is 0 Å². The molecule has 0 rings (SSSR count). The number of phosphoric acid groups is 1. The molecule has 0 aliphatic rings. The predicted molar refractivity (Wildman–Crippen MR) is 201 cm³/mol. The molecule has 0 saturated heterocycles. The fourth-order valence-corrected chi connectivity index (χ4v) is 6.21. The second kappa shape index (κ2) is 37.2. The Labute approximate surface area is 296 Å². The molecule has 3 N–H and O–H groups in total. The topological polar surface area (TPSA) is 117 Å². The molecule has 0 aromatic carbocycles. The van der Waals surface area contributed by atoms with E-state index >= 15 is 0 Å². The van der Waals surface area contributed by atoms with Crippen molar-refractivity contribution in [2.45, 2.75) is 187 Å². The van der Waals surface area contributed by atoms with Crippen molar-refractivity contribution in [3.8, 4) is 0 Å². The SMILES string of the molecule is CCC/C=C\C/C=C\CCCCCCCCOCC(COP(=O)(O)OCCN)OC(=O)CCCCCCCCCCCCCCCCC. The third-order valence-electron chi connectivity index (χ3n) is 8.35. The first-order chi connectivity index (χ1) is 23.4. The molecule has 8 nitrogen and oxygen atoms in total. The Morgan fingerprint density at radius 1 is 0.625 bits per heavy atom. The first-order valence-corrected chi connectivity index (χ1v) is 21.3. The molecule has 0 bridgehead atoms. The van der Waals surface area contributed by atoms with Gasteiger partial charge in [-0.1, -0.05) is 160 Å². The van der Waals surface area contributed by atoms with Gasteiger partial charge in [0.05, 0.1) is 19.8 Å². The molecule has 0 aromatic rings. The van der Waals surface area contributed by atoms with E-state index in [0.717, 1.165) is 44.9 Å². The first kappa shape index (κ1) is 47.0.